The SMILES string of the molecule is C=Cc1c(C)c2cc3nc(cc4[n-]c(cc5nc(cc1[n-]2)C(C)=C5CCC(=O)O)c(CCC(=O)O)c4C)C(C)=C3CC.[C-]#N.[Fe+3]. The smallest absolute Gasteiger partial charge is 0.657 e. The van der Waals surface area contributed by atoms with Gasteiger partial charge in [-0.15, -0.1) is 22.1 Å². The zero-order chi connectivity index (χ0) is 32.3. The van der Waals surface area contributed by atoms with Gasteiger partial charge in [0.1, 0.15) is 0 Å². The molecule has 0 aromatic carbocycles. The molecule has 5 rings (SSSR count). The summed E-state index contributed by atoms with van der Waals surface area (Å²) < 4.78 is 0. The van der Waals surface area contributed by atoms with Crippen LogP contribution < -0.4 is 9.97 Å². The molecule has 231 valence electrons. The number of carboxylic acid groups (broad SMARTS) is 2. The number of aryl methyl sites for hydroxylation is 3. The van der Waals surface area contributed by atoms with Crippen molar-refractivity contribution in [3.8, 4) is 0 Å². The number of aliphatic carboxylic acids is 2. The molecule has 5 heterocycles. The topological polar surface area (TPSA) is 152 Å². The molecule has 0 spiro atoms. The second-order valence-electron chi connectivity index (χ2n) is 10.8. The van der Waals surface area contributed by atoms with E-state index in [0.717, 1.165) is 78.9 Å². The molecule has 0 atom stereocenters. The zero-order valence-corrected chi connectivity index (χ0v) is 27.0. The summed E-state index contributed by atoms with van der Waals surface area (Å²) in [5, 5.41) is 25.1. The predicted octanol–water partition coefficient (Wildman–Crippen LogP) is 7.08. The zero-order valence-electron chi connectivity index (χ0n) is 25.9. The normalized spacial score (nSPS) is 12.3. The number of fused-ring (bicyclic) bond motifs is 8. The van der Waals surface area contributed by atoms with Crippen LogP contribution in [0.3, 0.4) is 0 Å². The van der Waals surface area contributed by atoms with Crippen molar-refractivity contribution in [2.75, 3.05) is 0 Å². The van der Waals surface area contributed by atoms with Crippen molar-refractivity contribution in [1.82, 2.24) is 19.9 Å². The van der Waals surface area contributed by atoms with Crippen LogP contribution in [-0.2, 0) is 33.1 Å². The summed E-state index contributed by atoms with van der Waals surface area (Å²) in [5.41, 5.74) is 13.4. The fraction of sp³-hybridized carbons (Fsp3) is 0.286. The van der Waals surface area contributed by atoms with Crippen molar-refractivity contribution in [2.45, 2.75) is 66.7 Å². The van der Waals surface area contributed by atoms with E-state index in [0.29, 0.717) is 29.7 Å². The Balaban J connectivity index is 0.00000180. The summed E-state index contributed by atoms with van der Waals surface area (Å²) in [7, 11) is 0. The first-order chi connectivity index (χ1) is 21.0. The summed E-state index contributed by atoms with van der Waals surface area (Å²) >= 11 is 0. The fourth-order valence-corrected chi connectivity index (χ4v) is 5.83. The van der Waals surface area contributed by atoms with Crippen LogP contribution in [-0.4, -0.2) is 32.1 Å². The molecular weight excluding hydrogens is 610 g/mol. The van der Waals surface area contributed by atoms with Crippen molar-refractivity contribution in [1.29, 1.82) is 5.26 Å². The molecule has 0 fully saturated rings. The average molecular weight is 645 g/mol. The molecule has 2 aliphatic rings. The molecule has 8 bridgehead atoms. The largest absolute Gasteiger partial charge is 3.00 e. The number of carbonyl (C=O) groups is 2. The Morgan fingerprint density at radius 1 is 0.778 bits per heavy atom. The van der Waals surface area contributed by atoms with Gasteiger partial charge in [0.2, 0.25) is 0 Å². The number of allylic oxidation sites excluding steroid dienone is 4. The minimum absolute atomic E-state index is 0. The summed E-state index contributed by atoms with van der Waals surface area (Å²) in [5.74, 6) is -1.78. The Bertz CT molecular complexity index is 1940. The Kier molecular flexibility index (Phi) is 11.1. The Hall–Kier alpha value is -4.71. The van der Waals surface area contributed by atoms with Crippen molar-refractivity contribution in [3.63, 3.8) is 0 Å². The fourth-order valence-electron chi connectivity index (χ4n) is 5.83. The molecule has 0 saturated carbocycles. The number of rotatable bonds is 8. The Morgan fingerprint density at radius 3 is 1.82 bits per heavy atom. The second kappa shape index (κ2) is 14.4. The van der Waals surface area contributed by atoms with E-state index in [1.165, 1.54) is 0 Å². The number of hydrogen-bond acceptors (Lipinski definition) is 5. The molecule has 10 heteroatoms. The van der Waals surface area contributed by atoms with Gasteiger partial charge in [-0.25, -0.2) is 9.97 Å². The van der Waals surface area contributed by atoms with Gasteiger partial charge in [-0.1, -0.05) is 60.5 Å². The number of carboxylic acids is 2. The van der Waals surface area contributed by atoms with E-state index in [1.807, 2.05) is 45.0 Å². The minimum atomic E-state index is -0.891. The third-order valence-corrected chi connectivity index (χ3v) is 8.30. The number of hydrogen-bond donors (Lipinski definition) is 2. The van der Waals surface area contributed by atoms with E-state index in [4.69, 9.17) is 31.8 Å². The van der Waals surface area contributed by atoms with E-state index in [9.17, 15) is 19.8 Å². The van der Waals surface area contributed by atoms with Gasteiger partial charge in [-0.3, -0.25) is 9.59 Å². The monoisotopic (exact) mass is 644 g/mol. The van der Waals surface area contributed by atoms with Crippen LogP contribution in [0.5, 0.6) is 0 Å². The van der Waals surface area contributed by atoms with E-state index in [1.54, 1.807) is 6.08 Å². The van der Waals surface area contributed by atoms with Crippen molar-refractivity contribution >= 4 is 62.4 Å². The molecule has 0 saturated heterocycles. The molecule has 0 unspecified atom stereocenters. The van der Waals surface area contributed by atoms with Gasteiger partial charge in [0.25, 0.3) is 0 Å². The maximum atomic E-state index is 11.5. The first-order valence-electron chi connectivity index (χ1n) is 14.3. The van der Waals surface area contributed by atoms with E-state index in [-0.39, 0.29) is 29.9 Å². The Labute approximate surface area is 272 Å². The third kappa shape index (κ3) is 6.85. The maximum Gasteiger partial charge on any atom is 3.00 e. The second-order valence-corrected chi connectivity index (χ2v) is 10.8. The molecule has 3 aromatic rings. The van der Waals surface area contributed by atoms with Crippen molar-refractivity contribution in [3.05, 3.63) is 82.4 Å². The summed E-state index contributed by atoms with van der Waals surface area (Å²) in [4.78, 5) is 42.9. The van der Waals surface area contributed by atoms with Crippen LogP contribution in [0.1, 0.15) is 91.5 Å². The van der Waals surface area contributed by atoms with Crippen molar-refractivity contribution < 1.29 is 36.9 Å². The van der Waals surface area contributed by atoms with Crippen LogP contribution in [0.4, 0.5) is 0 Å². The molecule has 45 heavy (non-hydrogen) atoms. The molecule has 3 aromatic heterocycles. The molecule has 9 nitrogen and oxygen atoms in total. The molecule has 0 amide bonds. The number of aromatic nitrogens is 4. The number of nitrogens with zero attached hydrogens (tertiary/aromatic N) is 5. The quantitative estimate of drug-likeness (QED) is 0.194. The maximum absolute atomic E-state index is 11.5. The summed E-state index contributed by atoms with van der Waals surface area (Å²) in [6.45, 7) is 18.9. The molecule has 2 N–H and O–H groups in total. The summed E-state index contributed by atoms with van der Waals surface area (Å²) in [6, 6.07) is 7.77. The first kappa shape index (κ1) is 34.8. The van der Waals surface area contributed by atoms with E-state index in [2.05, 4.69) is 20.4 Å². The van der Waals surface area contributed by atoms with Crippen LogP contribution in [0.2, 0.25) is 0 Å². The van der Waals surface area contributed by atoms with Crippen LogP contribution >= 0.6 is 0 Å². The van der Waals surface area contributed by atoms with Gasteiger partial charge >= 0.3 is 29.0 Å². The summed E-state index contributed by atoms with van der Waals surface area (Å²) in [6.07, 6.45) is 3.14. The molecule has 0 aliphatic carbocycles. The van der Waals surface area contributed by atoms with Gasteiger partial charge in [0.05, 0.1) is 22.8 Å². The average Bonchev–Trinajstić information content (AvgIpc) is 3.64. The molecular formula is C35H34FeN5O4. The van der Waals surface area contributed by atoms with Crippen LogP contribution in [0.15, 0.2) is 30.8 Å². The standard InChI is InChI=1S/C34H36N4O4.CN.Fe/c1-7-21-17(3)25-13-26-19(5)23(9-11-33(39)40)31(37-26)16-32-24(10-12-34(41)42)20(6)28(38-32)15-30-22(8-2)18(4)27(36-30)14-29(21)35-25;1-2;/h8,13-16H,2,7,9-12H2,1,3-6H3,(H4,35,36,37,38,39,40,41,42);;/q;-1;+3/p-2. The van der Waals surface area contributed by atoms with E-state index >= 15 is 0 Å². The van der Waals surface area contributed by atoms with Crippen LogP contribution in [0, 0.1) is 25.7 Å². The first-order valence-corrected chi connectivity index (χ1v) is 14.3. The van der Waals surface area contributed by atoms with Gasteiger partial charge < -0.3 is 32.0 Å². The van der Waals surface area contributed by atoms with Crippen molar-refractivity contribution in [2.24, 2.45) is 0 Å². The third-order valence-electron chi connectivity index (χ3n) is 8.30. The molecule has 2 aliphatic heterocycles. The Morgan fingerprint density at radius 2 is 1.24 bits per heavy atom. The predicted molar refractivity (Wildman–Crippen MR) is 172 cm³/mol. The van der Waals surface area contributed by atoms with Gasteiger partial charge in [0, 0.05) is 12.8 Å². The van der Waals surface area contributed by atoms with Crippen LogP contribution in [0.25, 0.3) is 50.4 Å². The molecule has 1 radical (unpaired) electrons. The van der Waals surface area contributed by atoms with Gasteiger partial charge in [-0.2, -0.15) is 0 Å². The minimum Gasteiger partial charge on any atom is -0.657 e. The van der Waals surface area contributed by atoms with Gasteiger partial charge in [0.15, 0.2) is 0 Å². The van der Waals surface area contributed by atoms with E-state index < -0.39 is 11.9 Å². The van der Waals surface area contributed by atoms with Gasteiger partial charge in [-0.05, 0) is 74.8 Å².